The van der Waals surface area contributed by atoms with Crippen molar-refractivity contribution in [3.05, 3.63) is 116 Å². The molecular weight excluding hydrogens is 452 g/mol. The maximum Gasteiger partial charge on any atom is 0.296 e. The highest BCUT2D eigenvalue weighted by Gasteiger charge is 2.22. The van der Waals surface area contributed by atoms with Gasteiger partial charge < -0.3 is 0 Å². The van der Waals surface area contributed by atoms with Gasteiger partial charge in [0.1, 0.15) is 5.69 Å². The molecule has 33 heavy (non-hydrogen) atoms. The number of aromatic nitrogens is 3. The van der Waals surface area contributed by atoms with Crippen molar-refractivity contribution >= 4 is 28.6 Å². The van der Waals surface area contributed by atoms with E-state index in [0.29, 0.717) is 10.7 Å². The summed E-state index contributed by atoms with van der Waals surface area (Å²) in [4.78, 5) is 19.4. The first-order valence-corrected chi connectivity index (χ1v) is 11.7. The Balaban J connectivity index is 1.83. The fourth-order valence-electron chi connectivity index (χ4n) is 3.85. The summed E-state index contributed by atoms with van der Waals surface area (Å²) in [7, 11) is 1.90. The summed E-state index contributed by atoms with van der Waals surface area (Å²) in [5.74, 6) is 0. The maximum atomic E-state index is 13.8. The van der Waals surface area contributed by atoms with E-state index < -0.39 is 0 Å². The molecule has 2 aromatic heterocycles. The van der Waals surface area contributed by atoms with E-state index >= 15 is 0 Å². The Bertz CT molecular complexity index is 1540. The lowest BCUT2D eigenvalue weighted by molar-refractivity contribution is 0.630. The molecule has 0 amide bonds. The Hall–Kier alpha value is -3.61. The molecule has 7 heteroatoms. The normalized spacial score (nSPS) is 11.8. The van der Waals surface area contributed by atoms with Crippen LogP contribution >= 0.6 is 22.9 Å². The van der Waals surface area contributed by atoms with Gasteiger partial charge in [0.05, 0.1) is 22.8 Å². The molecule has 5 aromatic rings. The summed E-state index contributed by atoms with van der Waals surface area (Å²) < 4.78 is 5.53. The predicted molar refractivity (Wildman–Crippen MR) is 135 cm³/mol. The minimum Gasteiger partial charge on any atom is -0.283 e. The van der Waals surface area contributed by atoms with Gasteiger partial charge >= 0.3 is 0 Å². The molecule has 0 spiro atoms. The van der Waals surface area contributed by atoms with Crippen LogP contribution in [0, 0.1) is 6.92 Å². The highest BCUT2D eigenvalue weighted by molar-refractivity contribution is 7.07. The van der Waals surface area contributed by atoms with Crippen molar-refractivity contribution in [2.45, 2.75) is 6.92 Å². The van der Waals surface area contributed by atoms with Gasteiger partial charge in [-0.15, -0.1) is 11.3 Å². The second-order valence-corrected chi connectivity index (χ2v) is 8.88. The third-order valence-electron chi connectivity index (χ3n) is 5.58. The van der Waals surface area contributed by atoms with Crippen LogP contribution in [0.15, 0.2) is 100 Å². The first-order valence-electron chi connectivity index (χ1n) is 10.5. The molecule has 3 aromatic carbocycles. The lowest BCUT2D eigenvalue weighted by atomic mass is 10.1. The van der Waals surface area contributed by atoms with Gasteiger partial charge in [0.25, 0.3) is 5.56 Å². The van der Waals surface area contributed by atoms with Crippen molar-refractivity contribution in [1.82, 2.24) is 13.9 Å². The molecule has 5 nitrogen and oxygen atoms in total. The van der Waals surface area contributed by atoms with Crippen LogP contribution in [0.2, 0.25) is 5.02 Å². The smallest absolute Gasteiger partial charge is 0.283 e. The molecule has 0 aliphatic heterocycles. The molecule has 0 saturated carbocycles. The van der Waals surface area contributed by atoms with Crippen LogP contribution in [0.1, 0.15) is 5.69 Å². The largest absolute Gasteiger partial charge is 0.296 e. The summed E-state index contributed by atoms with van der Waals surface area (Å²) in [5, 5.41) is 2.70. The number of nitrogens with zero attached hydrogens (tertiary/aromatic N) is 4. The molecule has 164 valence electrons. The Labute approximate surface area is 200 Å². The van der Waals surface area contributed by atoms with E-state index in [-0.39, 0.29) is 5.56 Å². The van der Waals surface area contributed by atoms with E-state index in [4.69, 9.17) is 16.6 Å². The molecule has 0 bridgehead atoms. The lowest BCUT2D eigenvalue weighted by Gasteiger charge is -2.08. The van der Waals surface area contributed by atoms with Gasteiger partial charge in [-0.3, -0.25) is 14.0 Å². The van der Waals surface area contributed by atoms with Crippen molar-refractivity contribution in [1.29, 1.82) is 0 Å². The van der Waals surface area contributed by atoms with Gasteiger partial charge in [0.2, 0.25) is 0 Å². The van der Waals surface area contributed by atoms with Gasteiger partial charge in [-0.2, -0.15) is 0 Å². The third-order valence-corrected chi connectivity index (χ3v) is 6.65. The van der Waals surface area contributed by atoms with Crippen LogP contribution in [0.3, 0.4) is 0 Å². The number of benzene rings is 3. The highest BCUT2D eigenvalue weighted by atomic mass is 35.5. The number of hydrogen-bond acceptors (Lipinski definition) is 3. The van der Waals surface area contributed by atoms with Crippen LogP contribution in [-0.4, -0.2) is 13.9 Å². The first-order chi connectivity index (χ1) is 16.0. The summed E-state index contributed by atoms with van der Waals surface area (Å²) in [5.41, 5.74) is 4.78. The molecule has 0 atom stereocenters. The molecule has 0 unspecified atom stereocenters. The Morgan fingerprint density at radius 2 is 1.52 bits per heavy atom. The average Bonchev–Trinajstić information content (AvgIpc) is 3.33. The van der Waals surface area contributed by atoms with Crippen LogP contribution in [-0.2, 0) is 7.05 Å². The van der Waals surface area contributed by atoms with Gasteiger partial charge in [0.15, 0.2) is 4.80 Å². The molecule has 0 saturated heterocycles. The molecule has 0 aliphatic rings. The molecule has 5 rings (SSSR count). The fourth-order valence-corrected chi connectivity index (χ4v) is 4.89. The Morgan fingerprint density at radius 1 is 0.879 bits per heavy atom. The van der Waals surface area contributed by atoms with Gasteiger partial charge in [0, 0.05) is 17.5 Å². The average molecular weight is 473 g/mol. The van der Waals surface area contributed by atoms with E-state index in [1.54, 1.807) is 4.68 Å². The standard InChI is InChI=1S/C26H21ClN4OS/c1-18-24(25(32)31(29(18)2)22-11-7-4-8-12-22)30-23(19-13-15-20(27)16-14-19)17-33-26(30)28-21-9-5-3-6-10-21/h3-17H,1-2H3. The number of thiazole rings is 1. The molecule has 2 heterocycles. The number of para-hydroxylation sites is 2. The summed E-state index contributed by atoms with van der Waals surface area (Å²) in [6.07, 6.45) is 0. The monoisotopic (exact) mass is 472 g/mol. The zero-order chi connectivity index (χ0) is 22.9. The van der Waals surface area contributed by atoms with Crippen LogP contribution < -0.4 is 10.4 Å². The van der Waals surface area contributed by atoms with Crippen LogP contribution in [0.5, 0.6) is 0 Å². The molecule has 0 aliphatic carbocycles. The van der Waals surface area contributed by atoms with E-state index in [9.17, 15) is 4.79 Å². The number of halogens is 1. The third kappa shape index (κ3) is 3.88. The quantitative estimate of drug-likeness (QED) is 0.321. The molecular formula is C26H21ClN4OS. The first kappa shape index (κ1) is 21.2. The van der Waals surface area contributed by atoms with E-state index in [1.165, 1.54) is 11.3 Å². The second-order valence-electron chi connectivity index (χ2n) is 7.60. The molecule has 0 fully saturated rings. The predicted octanol–water partition coefficient (Wildman–Crippen LogP) is 5.89. The number of hydrogen-bond donors (Lipinski definition) is 0. The van der Waals surface area contributed by atoms with Crippen molar-refractivity contribution in [2.75, 3.05) is 0 Å². The fraction of sp³-hybridized carbons (Fsp3) is 0.0769. The SMILES string of the molecule is Cc1c(-n2c(-c3ccc(Cl)cc3)csc2=Nc2ccccc2)c(=O)n(-c2ccccc2)n1C. The Kier molecular flexibility index (Phi) is 5.62. The lowest BCUT2D eigenvalue weighted by Crippen LogP contribution is -2.24. The zero-order valence-corrected chi connectivity index (χ0v) is 19.7. The minimum atomic E-state index is -0.107. The van der Waals surface area contributed by atoms with Gasteiger partial charge in [-0.1, -0.05) is 60.1 Å². The van der Waals surface area contributed by atoms with Crippen molar-refractivity contribution in [3.63, 3.8) is 0 Å². The van der Waals surface area contributed by atoms with E-state index in [2.05, 4.69) is 0 Å². The second kappa shape index (κ2) is 8.73. The summed E-state index contributed by atoms with van der Waals surface area (Å²) >= 11 is 7.63. The summed E-state index contributed by atoms with van der Waals surface area (Å²) in [6, 6.07) is 27.0. The van der Waals surface area contributed by atoms with Crippen molar-refractivity contribution < 1.29 is 0 Å². The highest BCUT2D eigenvalue weighted by Crippen LogP contribution is 2.26. The van der Waals surface area contributed by atoms with Crippen molar-refractivity contribution in [3.8, 4) is 22.6 Å². The minimum absolute atomic E-state index is 0.107. The van der Waals surface area contributed by atoms with E-state index in [0.717, 1.165) is 33.1 Å². The molecule has 0 radical (unpaired) electrons. The van der Waals surface area contributed by atoms with E-state index in [1.807, 2.05) is 114 Å². The van der Waals surface area contributed by atoms with Gasteiger partial charge in [-0.25, -0.2) is 9.67 Å². The van der Waals surface area contributed by atoms with Crippen LogP contribution in [0.25, 0.3) is 22.6 Å². The zero-order valence-electron chi connectivity index (χ0n) is 18.1. The maximum absolute atomic E-state index is 13.8. The van der Waals surface area contributed by atoms with Crippen molar-refractivity contribution in [2.24, 2.45) is 12.0 Å². The topological polar surface area (TPSA) is 44.2 Å². The van der Waals surface area contributed by atoms with Gasteiger partial charge in [-0.05, 0) is 48.9 Å². The summed E-state index contributed by atoms with van der Waals surface area (Å²) in [6.45, 7) is 1.96. The molecule has 0 N–H and O–H groups in total. The van der Waals surface area contributed by atoms with Crippen LogP contribution in [0.4, 0.5) is 5.69 Å². The Morgan fingerprint density at radius 3 is 2.18 bits per heavy atom. The number of rotatable bonds is 4.